The number of halogens is 1. The molecule has 1 unspecified atom stereocenters. The maximum atomic E-state index is 12.2. The van der Waals surface area contributed by atoms with Gasteiger partial charge in [0.1, 0.15) is 0 Å². The molecule has 1 heterocycles. The lowest BCUT2D eigenvalue weighted by Crippen LogP contribution is -2.43. The molecule has 134 valence electrons. The van der Waals surface area contributed by atoms with Crippen LogP contribution in [0.15, 0.2) is 17.6 Å². The van der Waals surface area contributed by atoms with Gasteiger partial charge in [0.15, 0.2) is 5.96 Å². The third kappa shape index (κ3) is 8.58. The molecule has 0 spiro atoms. The lowest BCUT2D eigenvalue weighted by molar-refractivity contribution is -0.132. The van der Waals surface area contributed by atoms with Gasteiger partial charge in [0.2, 0.25) is 5.91 Å². The van der Waals surface area contributed by atoms with E-state index in [1.165, 1.54) is 6.42 Å². The number of piperidine rings is 1. The van der Waals surface area contributed by atoms with Crippen LogP contribution in [0.4, 0.5) is 0 Å². The zero-order chi connectivity index (χ0) is 16.4. The lowest BCUT2D eigenvalue weighted by Gasteiger charge is -2.31. The van der Waals surface area contributed by atoms with Gasteiger partial charge in [-0.2, -0.15) is 0 Å². The molecular formula is C17H33IN4O. The summed E-state index contributed by atoms with van der Waals surface area (Å²) < 4.78 is 0. The minimum atomic E-state index is 0. The van der Waals surface area contributed by atoms with Gasteiger partial charge in [-0.05, 0) is 31.6 Å². The molecule has 1 saturated heterocycles. The van der Waals surface area contributed by atoms with E-state index in [0.29, 0.717) is 18.9 Å². The van der Waals surface area contributed by atoms with Gasteiger partial charge >= 0.3 is 0 Å². The number of nitrogens with zero attached hydrogens (tertiary/aromatic N) is 3. The van der Waals surface area contributed by atoms with Crippen molar-refractivity contribution in [1.82, 2.24) is 15.1 Å². The number of nitrogens with one attached hydrogen (secondary N) is 1. The Morgan fingerprint density at radius 3 is 2.87 bits per heavy atom. The maximum Gasteiger partial charge on any atom is 0.224 e. The first-order valence-electron chi connectivity index (χ1n) is 8.39. The number of amides is 1. The van der Waals surface area contributed by atoms with Crippen molar-refractivity contribution in [2.45, 2.75) is 39.0 Å². The summed E-state index contributed by atoms with van der Waals surface area (Å²) in [5.41, 5.74) is 0. The summed E-state index contributed by atoms with van der Waals surface area (Å²) in [4.78, 5) is 20.6. The molecule has 0 saturated carbocycles. The van der Waals surface area contributed by atoms with E-state index in [2.05, 4.69) is 28.7 Å². The van der Waals surface area contributed by atoms with Crippen molar-refractivity contribution >= 4 is 35.8 Å². The maximum absolute atomic E-state index is 12.2. The number of carbonyl (C=O) groups excluding carboxylic acids is 1. The number of guanidine groups is 1. The number of likely N-dealkylation sites (tertiary alicyclic amines) is 1. The van der Waals surface area contributed by atoms with Crippen LogP contribution < -0.4 is 5.32 Å². The van der Waals surface area contributed by atoms with Crippen molar-refractivity contribution in [2.24, 2.45) is 10.9 Å². The van der Waals surface area contributed by atoms with Crippen LogP contribution in [0.25, 0.3) is 0 Å². The van der Waals surface area contributed by atoms with Crippen LogP contribution in [0, 0.1) is 5.92 Å². The van der Waals surface area contributed by atoms with E-state index in [1.807, 2.05) is 18.0 Å². The number of hydrogen-bond donors (Lipinski definition) is 1. The van der Waals surface area contributed by atoms with Crippen molar-refractivity contribution in [3.63, 3.8) is 0 Å². The molecule has 23 heavy (non-hydrogen) atoms. The van der Waals surface area contributed by atoms with Gasteiger partial charge in [-0.1, -0.05) is 13.0 Å². The van der Waals surface area contributed by atoms with Gasteiger partial charge in [0, 0.05) is 46.7 Å². The molecule has 0 aliphatic carbocycles. The Balaban J connectivity index is 0.00000484. The van der Waals surface area contributed by atoms with Gasteiger partial charge < -0.3 is 15.1 Å². The fourth-order valence-corrected chi connectivity index (χ4v) is 2.82. The molecule has 1 atom stereocenters. The van der Waals surface area contributed by atoms with E-state index < -0.39 is 0 Å². The summed E-state index contributed by atoms with van der Waals surface area (Å²) in [5, 5.41) is 3.28. The van der Waals surface area contributed by atoms with Crippen molar-refractivity contribution in [3.8, 4) is 0 Å². The van der Waals surface area contributed by atoms with Crippen LogP contribution in [-0.4, -0.2) is 61.9 Å². The molecule has 0 aromatic heterocycles. The fraction of sp³-hybridized carbons (Fsp3) is 0.765. The van der Waals surface area contributed by atoms with Crippen LogP contribution in [0.5, 0.6) is 0 Å². The SMILES string of the molecule is C=CCCCN(C)C(=NC)NCCC(=O)N1CCCC(C)C1.I. The highest BCUT2D eigenvalue weighted by atomic mass is 127. The number of allylic oxidation sites excluding steroid dienone is 1. The highest BCUT2D eigenvalue weighted by Gasteiger charge is 2.20. The smallest absolute Gasteiger partial charge is 0.224 e. The number of carbonyl (C=O) groups is 1. The molecular weight excluding hydrogens is 403 g/mol. The topological polar surface area (TPSA) is 47.9 Å². The first-order chi connectivity index (χ1) is 10.6. The molecule has 6 heteroatoms. The Labute approximate surface area is 158 Å². The fourth-order valence-electron chi connectivity index (χ4n) is 2.82. The molecule has 1 aliphatic rings. The van der Waals surface area contributed by atoms with E-state index in [1.54, 1.807) is 7.05 Å². The summed E-state index contributed by atoms with van der Waals surface area (Å²) in [5.74, 6) is 1.74. The minimum Gasteiger partial charge on any atom is -0.356 e. The van der Waals surface area contributed by atoms with E-state index in [4.69, 9.17) is 0 Å². The highest BCUT2D eigenvalue weighted by molar-refractivity contribution is 14.0. The van der Waals surface area contributed by atoms with Crippen LogP contribution in [0.1, 0.15) is 39.0 Å². The van der Waals surface area contributed by atoms with Crippen LogP contribution in [-0.2, 0) is 4.79 Å². The van der Waals surface area contributed by atoms with Gasteiger partial charge in [-0.15, -0.1) is 30.6 Å². The third-order valence-electron chi connectivity index (χ3n) is 4.11. The average molecular weight is 436 g/mol. The summed E-state index contributed by atoms with van der Waals surface area (Å²) >= 11 is 0. The van der Waals surface area contributed by atoms with Gasteiger partial charge in [0.25, 0.3) is 0 Å². The van der Waals surface area contributed by atoms with Gasteiger partial charge in [0.05, 0.1) is 0 Å². The molecule has 0 bridgehead atoms. The molecule has 0 aromatic rings. The van der Waals surface area contributed by atoms with Crippen molar-refractivity contribution in [2.75, 3.05) is 40.3 Å². The first kappa shape index (κ1) is 22.2. The molecule has 1 fully saturated rings. The highest BCUT2D eigenvalue weighted by Crippen LogP contribution is 2.15. The second kappa shape index (κ2) is 12.6. The molecule has 1 N–H and O–H groups in total. The Morgan fingerprint density at radius 2 is 2.26 bits per heavy atom. The largest absolute Gasteiger partial charge is 0.356 e. The van der Waals surface area contributed by atoms with Crippen molar-refractivity contribution < 1.29 is 4.79 Å². The summed E-state index contributed by atoms with van der Waals surface area (Å²) in [6, 6.07) is 0. The monoisotopic (exact) mass is 436 g/mol. The van der Waals surface area contributed by atoms with Gasteiger partial charge in [-0.3, -0.25) is 9.79 Å². The number of unbranched alkanes of at least 4 members (excludes halogenated alkanes) is 1. The lowest BCUT2D eigenvalue weighted by atomic mass is 10.00. The van der Waals surface area contributed by atoms with Crippen molar-refractivity contribution in [1.29, 1.82) is 0 Å². The van der Waals surface area contributed by atoms with Gasteiger partial charge in [-0.25, -0.2) is 0 Å². The molecule has 0 radical (unpaired) electrons. The minimum absolute atomic E-state index is 0. The van der Waals surface area contributed by atoms with Crippen molar-refractivity contribution in [3.05, 3.63) is 12.7 Å². The van der Waals surface area contributed by atoms with E-state index in [9.17, 15) is 4.79 Å². The van der Waals surface area contributed by atoms with Crippen LogP contribution >= 0.6 is 24.0 Å². The summed E-state index contributed by atoms with van der Waals surface area (Å²) in [6.45, 7) is 9.36. The molecule has 1 aliphatic heterocycles. The predicted octanol–water partition coefficient (Wildman–Crippen LogP) is 2.73. The number of aliphatic imine (C=N–C) groups is 1. The molecule has 0 aromatic carbocycles. The third-order valence-corrected chi connectivity index (χ3v) is 4.11. The Hall–Kier alpha value is -0.790. The molecule has 5 nitrogen and oxygen atoms in total. The Kier molecular flexibility index (Phi) is 12.2. The van der Waals surface area contributed by atoms with E-state index >= 15 is 0 Å². The standard InChI is InChI=1S/C17H32N4O.HI/c1-5-6-7-12-20(4)17(18-3)19-11-10-16(22)21-13-8-9-15(2)14-21;/h5,15H,1,6-14H2,2-4H3,(H,18,19);1H. The zero-order valence-electron chi connectivity index (χ0n) is 14.9. The number of rotatable bonds is 7. The Morgan fingerprint density at radius 1 is 1.52 bits per heavy atom. The Bertz CT molecular complexity index is 387. The molecule has 1 amide bonds. The zero-order valence-corrected chi connectivity index (χ0v) is 17.2. The molecule has 1 rings (SSSR count). The first-order valence-corrected chi connectivity index (χ1v) is 8.39. The summed E-state index contributed by atoms with van der Waals surface area (Å²) in [6.07, 6.45) is 6.91. The average Bonchev–Trinajstić information content (AvgIpc) is 2.51. The second-order valence-corrected chi connectivity index (χ2v) is 6.16. The van der Waals surface area contributed by atoms with Crippen LogP contribution in [0.3, 0.4) is 0 Å². The normalized spacial score (nSPS) is 18.1. The van der Waals surface area contributed by atoms with E-state index in [0.717, 1.165) is 44.9 Å². The summed E-state index contributed by atoms with van der Waals surface area (Å²) in [7, 11) is 3.80. The predicted molar refractivity (Wildman–Crippen MR) is 108 cm³/mol. The quantitative estimate of drug-likeness (QED) is 0.220. The van der Waals surface area contributed by atoms with Crippen LogP contribution in [0.2, 0.25) is 0 Å². The number of hydrogen-bond acceptors (Lipinski definition) is 2. The van der Waals surface area contributed by atoms with E-state index in [-0.39, 0.29) is 29.9 Å². The second-order valence-electron chi connectivity index (χ2n) is 6.16.